The largest absolute Gasteiger partial charge is 0.235 e. The van der Waals surface area contributed by atoms with Gasteiger partial charge < -0.3 is 0 Å². The number of aromatic nitrogens is 2. The molecule has 106 valence electrons. The first-order chi connectivity index (χ1) is 10.8. The van der Waals surface area contributed by atoms with E-state index in [0.717, 1.165) is 31.9 Å². The molecule has 0 fully saturated rings. The topological polar surface area (TPSA) is 25.8 Å². The molecule has 0 saturated carbocycles. The molecule has 0 spiro atoms. The Morgan fingerprint density at radius 1 is 0.818 bits per heavy atom. The Bertz CT molecular complexity index is 930. The van der Waals surface area contributed by atoms with E-state index in [-0.39, 0.29) is 5.82 Å². The van der Waals surface area contributed by atoms with Crippen LogP contribution >= 0.6 is 11.3 Å². The number of thiophene rings is 1. The van der Waals surface area contributed by atoms with Gasteiger partial charge in [0.25, 0.3) is 0 Å². The lowest BCUT2D eigenvalue weighted by atomic mass is 10.1. The van der Waals surface area contributed by atoms with Crippen LogP contribution in [0.4, 0.5) is 4.39 Å². The third-order valence-electron chi connectivity index (χ3n) is 3.49. The molecule has 0 amide bonds. The van der Waals surface area contributed by atoms with Gasteiger partial charge in [-0.15, -0.1) is 11.3 Å². The number of rotatable bonds is 2. The van der Waals surface area contributed by atoms with Gasteiger partial charge in [0.05, 0.1) is 15.9 Å². The van der Waals surface area contributed by atoms with Gasteiger partial charge in [-0.1, -0.05) is 42.5 Å². The smallest absolute Gasteiger partial charge is 0.123 e. The molecule has 0 unspecified atom stereocenters. The van der Waals surface area contributed by atoms with E-state index in [4.69, 9.17) is 0 Å². The molecule has 4 heteroatoms. The summed E-state index contributed by atoms with van der Waals surface area (Å²) < 4.78 is 14.1. The summed E-state index contributed by atoms with van der Waals surface area (Å²) in [4.78, 5) is 9.86. The molecule has 2 heterocycles. The van der Waals surface area contributed by atoms with Crippen LogP contribution in [0.25, 0.3) is 31.9 Å². The average Bonchev–Trinajstić information content (AvgIpc) is 3.00. The Labute approximate surface area is 130 Å². The number of benzene rings is 2. The maximum absolute atomic E-state index is 13.1. The van der Waals surface area contributed by atoms with Gasteiger partial charge in [0.1, 0.15) is 12.1 Å². The van der Waals surface area contributed by atoms with Crippen LogP contribution < -0.4 is 0 Å². The number of hydrogen-bond donors (Lipinski definition) is 0. The minimum atomic E-state index is -0.227. The summed E-state index contributed by atoms with van der Waals surface area (Å²) in [7, 11) is 0. The molecule has 0 saturated heterocycles. The van der Waals surface area contributed by atoms with Crippen LogP contribution in [-0.2, 0) is 0 Å². The highest BCUT2D eigenvalue weighted by Gasteiger charge is 2.11. The summed E-state index contributed by atoms with van der Waals surface area (Å²) in [6, 6.07) is 18.6. The van der Waals surface area contributed by atoms with Crippen molar-refractivity contribution in [3.8, 4) is 21.7 Å². The van der Waals surface area contributed by atoms with Crippen LogP contribution in [0.1, 0.15) is 0 Å². The number of hydrogen-bond acceptors (Lipinski definition) is 3. The molecular weight excluding hydrogens is 295 g/mol. The van der Waals surface area contributed by atoms with Crippen molar-refractivity contribution in [2.45, 2.75) is 0 Å². The van der Waals surface area contributed by atoms with Crippen molar-refractivity contribution in [1.82, 2.24) is 9.97 Å². The summed E-state index contributed by atoms with van der Waals surface area (Å²) in [6.07, 6.45) is 1.59. The standard InChI is InChI=1S/C18H11FN2S/c19-14-8-6-12(7-9-14)16-10-15-18(22-16)17(21-11-20-15)13-4-2-1-3-5-13/h1-11H. The van der Waals surface area contributed by atoms with E-state index in [9.17, 15) is 4.39 Å². The minimum Gasteiger partial charge on any atom is -0.235 e. The quantitative estimate of drug-likeness (QED) is 0.511. The van der Waals surface area contributed by atoms with Gasteiger partial charge in [-0.05, 0) is 23.8 Å². The monoisotopic (exact) mass is 306 g/mol. The lowest BCUT2D eigenvalue weighted by molar-refractivity contribution is 0.628. The van der Waals surface area contributed by atoms with E-state index in [1.54, 1.807) is 29.8 Å². The molecule has 0 N–H and O–H groups in total. The highest BCUT2D eigenvalue weighted by Crippen LogP contribution is 2.37. The van der Waals surface area contributed by atoms with Gasteiger partial charge in [0.15, 0.2) is 0 Å². The van der Waals surface area contributed by atoms with Gasteiger partial charge in [-0.2, -0.15) is 0 Å². The summed E-state index contributed by atoms with van der Waals surface area (Å²) in [5.74, 6) is -0.227. The third-order valence-corrected chi connectivity index (χ3v) is 4.67. The highest BCUT2D eigenvalue weighted by molar-refractivity contribution is 7.22. The van der Waals surface area contributed by atoms with E-state index >= 15 is 0 Å². The summed E-state index contributed by atoms with van der Waals surface area (Å²) in [5.41, 5.74) is 3.91. The SMILES string of the molecule is Fc1ccc(-c2cc3ncnc(-c4ccccc4)c3s2)cc1. The van der Waals surface area contributed by atoms with Crippen LogP contribution in [0.2, 0.25) is 0 Å². The van der Waals surface area contributed by atoms with Gasteiger partial charge in [0.2, 0.25) is 0 Å². The van der Waals surface area contributed by atoms with E-state index in [2.05, 4.69) is 9.97 Å². The Hall–Kier alpha value is -2.59. The normalized spacial score (nSPS) is 11.0. The second-order valence-electron chi connectivity index (χ2n) is 4.92. The second-order valence-corrected chi connectivity index (χ2v) is 5.97. The van der Waals surface area contributed by atoms with Crippen molar-refractivity contribution < 1.29 is 4.39 Å². The zero-order valence-corrected chi connectivity index (χ0v) is 12.3. The average molecular weight is 306 g/mol. The van der Waals surface area contributed by atoms with Crippen molar-refractivity contribution in [3.05, 3.63) is 72.8 Å². The van der Waals surface area contributed by atoms with Crippen LogP contribution in [0, 0.1) is 5.82 Å². The zero-order valence-electron chi connectivity index (χ0n) is 11.5. The fraction of sp³-hybridized carbons (Fsp3) is 0. The van der Waals surface area contributed by atoms with Crippen LogP contribution in [0.3, 0.4) is 0 Å². The fourth-order valence-corrected chi connectivity index (χ4v) is 3.54. The number of fused-ring (bicyclic) bond motifs is 1. The van der Waals surface area contributed by atoms with Crippen LogP contribution in [-0.4, -0.2) is 9.97 Å². The van der Waals surface area contributed by atoms with Crippen molar-refractivity contribution in [3.63, 3.8) is 0 Å². The highest BCUT2D eigenvalue weighted by atomic mass is 32.1. The van der Waals surface area contributed by atoms with Crippen molar-refractivity contribution in [2.24, 2.45) is 0 Å². The molecule has 4 aromatic rings. The molecule has 2 aromatic heterocycles. The summed E-state index contributed by atoms with van der Waals surface area (Å²) in [5, 5.41) is 0. The van der Waals surface area contributed by atoms with E-state index in [1.165, 1.54) is 12.1 Å². The van der Waals surface area contributed by atoms with Crippen LogP contribution in [0.15, 0.2) is 67.0 Å². The molecule has 0 aliphatic heterocycles. The van der Waals surface area contributed by atoms with E-state index in [1.807, 2.05) is 36.4 Å². The maximum atomic E-state index is 13.1. The molecular formula is C18H11FN2S. The van der Waals surface area contributed by atoms with Crippen LogP contribution in [0.5, 0.6) is 0 Å². The van der Waals surface area contributed by atoms with Gasteiger partial charge in [-0.3, -0.25) is 0 Å². The second kappa shape index (κ2) is 5.31. The lowest BCUT2D eigenvalue weighted by Gasteiger charge is -2.00. The molecule has 0 aliphatic rings. The lowest BCUT2D eigenvalue weighted by Crippen LogP contribution is -1.84. The van der Waals surface area contributed by atoms with Crippen molar-refractivity contribution in [1.29, 1.82) is 0 Å². The Balaban J connectivity index is 1.89. The predicted molar refractivity (Wildman–Crippen MR) is 88.2 cm³/mol. The third kappa shape index (κ3) is 2.27. The molecule has 4 rings (SSSR count). The first-order valence-corrected chi connectivity index (χ1v) is 7.69. The Kier molecular flexibility index (Phi) is 3.16. The summed E-state index contributed by atoms with van der Waals surface area (Å²) >= 11 is 1.63. The fourth-order valence-electron chi connectivity index (χ4n) is 2.41. The molecule has 2 nitrogen and oxygen atoms in total. The first-order valence-electron chi connectivity index (χ1n) is 6.87. The van der Waals surface area contributed by atoms with E-state index < -0.39 is 0 Å². The van der Waals surface area contributed by atoms with Gasteiger partial charge >= 0.3 is 0 Å². The molecule has 0 aliphatic carbocycles. The van der Waals surface area contributed by atoms with Gasteiger partial charge in [0, 0.05) is 10.4 Å². The molecule has 2 aromatic carbocycles. The summed E-state index contributed by atoms with van der Waals surface area (Å²) in [6.45, 7) is 0. The predicted octanol–water partition coefficient (Wildman–Crippen LogP) is 5.16. The van der Waals surface area contributed by atoms with Crippen molar-refractivity contribution in [2.75, 3.05) is 0 Å². The zero-order chi connectivity index (χ0) is 14.9. The number of nitrogens with zero attached hydrogens (tertiary/aromatic N) is 2. The van der Waals surface area contributed by atoms with Crippen molar-refractivity contribution >= 4 is 21.6 Å². The van der Waals surface area contributed by atoms with E-state index in [0.29, 0.717) is 0 Å². The molecule has 0 atom stereocenters. The Morgan fingerprint density at radius 3 is 2.36 bits per heavy atom. The maximum Gasteiger partial charge on any atom is 0.123 e. The Morgan fingerprint density at radius 2 is 1.59 bits per heavy atom. The number of halogens is 1. The molecule has 0 radical (unpaired) electrons. The molecule has 0 bridgehead atoms. The first kappa shape index (κ1) is 13.1. The minimum absolute atomic E-state index is 0.227. The molecule has 22 heavy (non-hydrogen) atoms. The van der Waals surface area contributed by atoms with Gasteiger partial charge in [-0.25, -0.2) is 14.4 Å².